The zero-order valence-electron chi connectivity index (χ0n) is 6.54. The summed E-state index contributed by atoms with van der Waals surface area (Å²) in [6, 6.07) is 0. The Morgan fingerprint density at radius 1 is 1.08 bits per heavy atom. The average molecular weight is 259 g/mol. The summed E-state index contributed by atoms with van der Waals surface area (Å²) in [7, 11) is 0. The van der Waals surface area contributed by atoms with E-state index in [4.69, 9.17) is 0 Å². The highest BCUT2D eigenvalue weighted by molar-refractivity contribution is 9.10. The second kappa shape index (κ2) is 3.61. The summed E-state index contributed by atoms with van der Waals surface area (Å²) in [6.07, 6.45) is 0. The van der Waals surface area contributed by atoms with E-state index in [-0.39, 0.29) is 6.54 Å². The zero-order chi connectivity index (χ0) is 10.2. The van der Waals surface area contributed by atoms with E-state index in [2.05, 4.69) is 15.9 Å². The monoisotopic (exact) mass is 258 g/mol. The van der Waals surface area contributed by atoms with E-state index in [1.807, 2.05) is 0 Å². The maximum atomic E-state index is 12.9. The Morgan fingerprint density at radius 2 is 1.62 bits per heavy atom. The highest BCUT2D eigenvalue weighted by Gasteiger charge is 2.30. The molecule has 1 nitrogen and oxygen atoms in total. The number of aromatic nitrogens is 1. The third-order valence-electron chi connectivity index (χ3n) is 1.54. The van der Waals surface area contributed by atoms with Crippen molar-refractivity contribution in [2.75, 3.05) is 0 Å². The van der Waals surface area contributed by atoms with Gasteiger partial charge in [-0.3, -0.25) is 0 Å². The van der Waals surface area contributed by atoms with Crippen molar-refractivity contribution in [1.29, 1.82) is 0 Å². The first-order valence-electron chi connectivity index (χ1n) is 3.42. The van der Waals surface area contributed by atoms with Gasteiger partial charge >= 0.3 is 5.95 Å². The van der Waals surface area contributed by atoms with Gasteiger partial charge in [-0.25, -0.2) is 0 Å². The van der Waals surface area contributed by atoms with Gasteiger partial charge in [0.1, 0.15) is 6.54 Å². The van der Waals surface area contributed by atoms with Crippen molar-refractivity contribution in [3.05, 3.63) is 28.0 Å². The third kappa shape index (κ3) is 1.54. The van der Waals surface area contributed by atoms with Crippen molar-refractivity contribution < 1.29 is 22.1 Å². The lowest BCUT2D eigenvalue weighted by Gasteiger charge is -2.00. The number of hydrogen-bond donors (Lipinski definition) is 0. The molecule has 0 amide bonds. The van der Waals surface area contributed by atoms with Crippen molar-refractivity contribution in [2.45, 2.75) is 13.5 Å². The highest BCUT2D eigenvalue weighted by Crippen LogP contribution is 2.18. The van der Waals surface area contributed by atoms with E-state index in [9.17, 15) is 17.6 Å². The first-order valence-corrected chi connectivity index (χ1v) is 4.21. The van der Waals surface area contributed by atoms with Gasteiger partial charge in [0.2, 0.25) is 11.6 Å². The molecule has 1 heterocycles. The van der Waals surface area contributed by atoms with Crippen molar-refractivity contribution in [3.63, 3.8) is 0 Å². The van der Waals surface area contributed by atoms with Gasteiger partial charge in [0.05, 0.1) is 0 Å². The fourth-order valence-corrected chi connectivity index (χ4v) is 1.46. The van der Waals surface area contributed by atoms with Gasteiger partial charge in [-0.15, -0.1) is 4.39 Å². The molecule has 0 radical (unpaired) electrons. The maximum absolute atomic E-state index is 12.9. The van der Waals surface area contributed by atoms with Crippen LogP contribution in [0.25, 0.3) is 0 Å². The summed E-state index contributed by atoms with van der Waals surface area (Å²) >= 11 is 2.62. The van der Waals surface area contributed by atoms with Crippen LogP contribution in [-0.2, 0) is 6.54 Å². The topological polar surface area (TPSA) is 3.88 Å². The van der Waals surface area contributed by atoms with Crippen LogP contribution in [0.15, 0.2) is 4.60 Å². The zero-order valence-corrected chi connectivity index (χ0v) is 8.13. The van der Waals surface area contributed by atoms with Gasteiger partial charge in [-0.2, -0.15) is 17.7 Å². The SMILES string of the molecule is CC[n+]1c(F)c(F)c(F)c(F)c1Br. The predicted molar refractivity (Wildman–Crippen MR) is 39.8 cm³/mol. The van der Waals surface area contributed by atoms with Crippen LogP contribution >= 0.6 is 15.9 Å². The minimum atomic E-state index is -1.81. The Kier molecular flexibility index (Phi) is 2.90. The maximum Gasteiger partial charge on any atom is 0.400 e. The molecule has 0 unspecified atom stereocenters. The molecule has 0 aliphatic carbocycles. The van der Waals surface area contributed by atoms with Crippen LogP contribution in [0.1, 0.15) is 6.92 Å². The molecule has 0 fully saturated rings. The lowest BCUT2D eigenvalue weighted by Crippen LogP contribution is -2.41. The molecule has 0 N–H and O–H groups in total. The molecular weight excluding hydrogens is 254 g/mol. The van der Waals surface area contributed by atoms with Crippen LogP contribution in [0.2, 0.25) is 0 Å². The van der Waals surface area contributed by atoms with Gasteiger partial charge in [-0.05, 0) is 6.92 Å². The molecule has 6 heteroatoms. The molecule has 0 spiro atoms. The largest absolute Gasteiger partial charge is 0.400 e. The molecule has 1 aromatic heterocycles. The second-order valence-electron chi connectivity index (χ2n) is 2.27. The number of pyridine rings is 1. The van der Waals surface area contributed by atoms with Gasteiger partial charge in [0.25, 0.3) is 10.4 Å². The van der Waals surface area contributed by atoms with E-state index in [1.165, 1.54) is 6.92 Å². The van der Waals surface area contributed by atoms with Crippen LogP contribution in [0.4, 0.5) is 17.6 Å². The normalized spacial score (nSPS) is 10.6. The first kappa shape index (κ1) is 10.4. The summed E-state index contributed by atoms with van der Waals surface area (Å²) in [5.41, 5.74) is 0. The van der Waals surface area contributed by atoms with Gasteiger partial charge < -0.3 is 0 Å². The lowest BCUT2D eigenvalue weighted by molar-refractivity contribution is -0.734. The Hall–Kier alpha value is -0.650. The summed E-state index contributed by atoms with van der Waals surface area (Å²) < 4.78 is 51.0. The Bertz CT molecular complexity index is 324. The van der Waals surface area contributed by atoms with Gasteiger partial charge in [0, 0.05) is 15.9 Å². The lowest BCUT2D eigenvalue weighted by atomic mass is 10.4. The fraction of sp³-hybridized carbons (Fsp3) is 0.286. The molecule has 0 saturated heterocycles. The summed E-state index contributed by atoms with van der Waals surface area (Å²) in [4.78, 5) is 0. The van der Waals surface area contributed by atoms with Crippen molar-refractivity contribution in [1.82, 2.24) is 0 Å². The fourth-order valence-electron chi connectivity index (χ4n) is 0.878. The first-order chi connectivity index (χ1) is 6.00. The van der Waals surface area contributed by atoms with Crippen molar-refractivity contribution in [3.8, 4) is 0 Å². The van der Waals surface area contributed by atoms with Crippen molar-refractivity contribution >= 4 is 15.9 Å². The number of hydrogen-bond acceptors (Lipinski definition) is 0. The van der Waals surface area contributed by atoms with E-state index in [0.29, 0.717) is 4.57 Å². The summed E-state index contributed by atoms with van der Waals surface area (Å²) in [5.74, 6) is -6.47. The van der Waals surface area contributed by atoms with E-state index in [1.54, 1.807) is 0 Å². The Balaban J connectivity index is 3.56. The summed E-state index contributed by atoms with van der Waals surface area (Å²) in [6.45, 7) is 1.48. The number of nitrogens with zero attached hydrogens (tertiary/aromatic N) is 1. The minimum absolute atomic E-state index is 0.000532. The molecule has 13 heavy (non-hydrogen) atoms. The number of rotatable bonds is 1. The molecule has 1 rings (SSSR count). The van der Waals surface area contributed by atoms with Crippen molar-refractivity contribution in [2.24, 2.45) is 0 Å². The standard InChI is InChI=1S/C7H5BrF4N/c1-2-13-6(8)4(10)3(9)5(11)7(13)12/h2H2,1H3/q+1. The molecule has 0 aliphatic rings. The molecule has 0 aliphatic heterocycles. The highest BCUT2D eigenvalue weighted by atomic mass is 79.9. The van der Waals surface area contributed by atoms with E-state index in [0.717, 1.165) is 0 Å². The van der Waals surface area contributed by atoms with Gasteiger partial charge in [-0.1, -0.05) is 0 Å². The van der Waals surface area contributed by atoms with Crippen LogP contribution in [-0.4, -0.2) is 0 Å². The molecule has 0 aromatic carbocycles. The molecule has 0 atom stereocenters. The quantitative estimate of drug-likeness (QED) is 0.414. The molecule has 0 bridgehead atoms. The number of halogens is 5. The minimum Gasteiger partial charge on any atom is -0.200 e. The van der Waals surface area contributed by atoms with Crippen LogP contribution in [0.3, 0.4) is 0 Å². The van der Waals surface area contributed by atoms with Crippen LogP contribution < -0.4 is 4.57 Å². The van der Waals surface area contributed by atoms with E-state index >= 15 is 0 Å². The Morgan fingerprint density at radius 3 is 2.08 bits per heavy atom. The molecule has 0 saturated carbocycles. The smallest absolute Gasteiger partial charge is 0.200 e. The summed E-state index contributed by atoms with van der Waals surface area (Å²) in [5, 5.41) is 0. The van der Waals surface area contributed by atoms with E-state index < -0.39 is 28.0 Å². The average Bonchev–Trinajstić information content (AvgIpc) is 2.13. The third-order valence-corrected chi connectivity index (χ3v) is 2.31. The van der Waals surface area contributed by atoms with Crippen LogP contribution in [0.5, 0.6) is 0 Å². The molecule has 72 valence electrons. The van der Waals surface area contributed by atoms with Gasteiger partial charge in [0.15, 0.2) is 0 Å². The second-order valence-corrected chi connectivity index (χ2v) is 3.02. The predicted octanol–water partition coefficient (Wildman–Crippen LogP) is 2.31. The van der Waals surface area contributed by atoms with Crippen LogP contribution in [0, 0.1) is 23.4 Å². The molecule has 1 aromatic rings. The Labute approximate surface area is 80.1 Å². The molecular formula is C7H5BrF4N+.